The van der Waals surface area contributed by atoms with Crippen molar-refractivity contribution in [2.24, 2.45) is 0 Å². The number of rotatable bonds is 6. The van der Waals surface area contributed by atoms with E-state index in [0.29, 0.717) is 17.3 Å². The van der Waals surface area contributed by atoms with Gasteiger partial charge in [0.05, 0.1) is 17.0 Å². The van der Waals surface area contributed by atoms with Crippen LogP contribution in [0.5, 0.6) is 0 Å². The third-order valence-electron chi connectivity index (χ3n) is 7.29. The van der Waals surface area contributed by atoms with E-state index in [1.54, 1.807) is 0 Å². The van der Waals surface area contributed by atoms with Gasteiger partial charge in [-0.3, -0.25) is 9.78 Å². The predicted octanol–water partition coefficient (Wildman–Crippen LogP) is 4.90. The lowest BCUT2D eigenvalue weighted by molar-refractivity contribution is 0.0974. The smallest absolute Gasteiger partial charge is 0.257 e. The second-order valence-electron chi connectivity index (χ2n) is 9.99. The molecule has 6 heteroatoms. The Morgan fingerprint density at radius 2 is 1.71 bits per heavy atom. The van der Waals surface area contributed by atoms with E-state index in [0.717, 1.165) is 67.2 Å². The standard InChI is InChI=1S/C28H39N5O/c1-19-17-20(2)27(29-21(19)3)22(4)30-28(34)25-12-11-24(33-15-13-32(5)14-16-33)18-26(25)31-23-9-7-6-8-10-23/h11-12,17-18,23,31H,4,6-10,13-16H2,1-3,5H3,(H,30,34). The first-order valence-electron chi connectivity index (χ1n) is 12.6. The minimum Gasteiger partial charge on any atom is -0.382 e. The molecule has 0 bridgehead atoms. The highest BCUT2D eigenvalue weighted by molar-refractivity contribution is 6.04. The summed E-state index contributed by atoms with van der Waals surface area (Å²) in [5.74, 6) is -0.146. The maximum Gasteiger partial charge on any atom is 0.257 e. The van der Waals surface area contributed by atoms with Crippen LogP contribution in [-0.2, 0) is 0 Å². The van der Waals surface area contributed by atoms with E-state index < -0.39 is 0 Å². The molecule has 0 atom stereocenters. The van der Waals surface area contributed by atoms with Gasteiger partial charge in [-0.15, -0.1) is 0 Å². The molecule has 34 heavy (non-hydrogen) atoms. The van der Waals surface area contributed by atoms with E-state index in [9.17, 15) is 4.79 Å². The Hall–Kier alpha value is -2.86. The minimum absolute atomic E-state index is 0.146. The minimum atomic E-state index is -0.146. The zero-order valence-electron chi connectivity index (χ0n) is 21.2. The molecule has 1 amide bonds. The summed E-state index contributed by atoms with van der Waals surface area (Å²) < 4.78 is 0. The molecular formula is C28H39N5O. The Kier molecular flexibility index (Phi) is 7.57. The number of likely N-dealkylation sites (N-methyl/N-ethyl adjacent to an activating group) is 1. The number of carbonyl (C=O) groups is 1. The van der Waals surface area contributed by atoms with Crippen LogP contribution in [0.4, 0.5) is 11.4 Å². The van der Waals surface area contributed by atoms with Gasteiger partial charge in [0.1, 0.15) is 0 Å². The maximum absolute atomic E-state index is 13.4. The number of aryl methyl sites for hydroxylation is 3. The molecule has 0 radical (unpaired) electrons. The zero-order valence-corrected chi connectivity index (χ0v) is 21.2. The summed E-state index contributed by atoms with van der Waals surface area (Å²) in [5.41, 5.74) is 7.13. The molecule has 2 fully saturated rings. The number of hydrogen-bond donors (Lipinski definition) is 2. The quantitative estimate of drug-likeness (QED) is 0.640. The van der Waals surface area contributed by atoms with Crippen molar-refractivity contribution in [2.75, 3.05) is 43.4 Å². The van der Waals surface area contributed by atoms with Crippen molar-refractivity contribution in [1.82, 2.24) is 15.2 Å². The zero-order chi connectivity index (χ0) is 24.2. The number of hydrogen-bond acceptors (Lipinski definition) is 5. The third-order valence-corrected chi connectivity index (χ3v) is 7.29. The normalized spacial score (nSPS) is 17.5. The molecule has 0 spiro atoms. The van der Waals surface area contributed by atoms with Crippen molar-refractivity contribution < 1.29 is 4.79 Å². The van der Waals surface area contributed by atoms with E-state index in [1.807, 2.05) is 26.8 Å². The lowest BCUT2D eigenvalue weighted by Gasteiger charge is -2.34. The Labute approximate surface area is 204 Å². The largest absolute Gasteiger partial charge is 0.382 e. The van der Waals surface area contributed by atoms with Crippen molar-refractivity contribution in [3.05, 3.63) is 58.9 Å². The van der Waals surface area contributed by atoms with Crippen molar-refractivity contribution >= 4 is 23.0 Å². The summed E-state index contributed by atoms with van der Waals surface area (Å²) in [6, 6.07) is 8.71. The molecule has 1 saturated carbocycles. The number of aromatic nitrogens is 1. The van der Waals surface area contributed by atoms with Crippen LogP contribution in [-0.4, -0.2) is 55.1 Å². The fourth-order valence-electron chi connectivity index (χ4n) is 4.99. The molecule has 2 heterocycles. The Bertz CT molecular complexity index is 1050. The van der Waals surface area contributed by atoms with Crippen LogP contribution in [0.2, 0.25) is 0 Å². The van der Waals surface area contributed by atoms with Gasteiger partial charge in [0.15, 0.2) is 0 Å². The SMILES string of the molecule is C=C(NC(=O)c1ccc(N2CCN(C)CC2)cc1NC1CCCCC1)c1nc(C)c(C)cc1C. The highest BCUT2D eigenvalue weighted by Crippen LogP contribution is 2.29. The Morgan fingerprint density at radius 1 is 1.00 bits per heavy atom. The molecular weight excluding hydrogens is 422 g/mol. The second-order valence-corrected chi connectivity index (χ2v) is 9.99. The number of amides is 1. The van der Waals surface area contributed by atoms with E-state index >= 15 is 0 Å². The summed E-state index contributed by atoms with van der Waals surface area (Å²) in [6.07, 6.45) is 6.09. The van der Waals surface area contributed by atoms with E-state index in [1.165, 1.54) is 24.9 Å². The number of carbonyl (C=O) groups excluding carboxylic acids is 1. The summed E-state index contributed by atoms with van der Waals surface area (Å²) in [7, 11) is 2.17. The molecule has 2 aromatic rings. The highest BCUT2D eigenvalue weighted by atomic mass is 16.1. The van der Waals surface area contributed by atoms with Crippen molar-refractivity contribution in [2.45, 2.75) is 58.9 Å². The van der Waals surface area contributed by atoms with Crippen LogP contribution < -0.4 is 15.5 Å². The number of pyridine rings is 1. The fourth-order valence-corrected chi connectivity index (χ4v) is 4.99. The van der Waals surface area contributed by atoms with Gasteiger partial charge < -0.3 is 20.4 Å². The topological polar surface area (TPSA) is 60.5 Å². The van der Waals surface area contributed by atoms with Gasteiger partial charge in [-0.1, -0.05) is 31.9 Å². The van der Waals surface area contributed by atoms with Gasteiger partial charge in [-0.2, -0.15) is 0 Å². The van der Waals surface area contributed by atoms with E-state index in [4.69, 9.17) is 0 Å². The van der Waals surface area contributed by atoms with E-state index in [2.05, 4.69) is 57.2 Å². The third kappa shape index (κ3) is 5.61. The highest BCUT2D eigenvalue weighted by Gasteiger charge is 2.21. The molecule has 1 aromatic heterocycles. The summed E-state index contributed by atoms with van der Waals surface area (Å²) in [6.45, 7) is 14.3. The second kappa shape index (κ2) is 10.6. The van der Waals surface area contributed by atoms with Crippen molar-refractivity contribution in [1.29, 1.82) is 0 Å². The molecule has 2 N–H and O–H groups in total. The molecule has 1 aliphatic heterocycles. The number of piperazine rings is 1. The van der Waals surface area contributed by atoms with Gasteiger partial charge >= 0.3 is 0 Å². The van der Waals surface area contributed by atoms with Crippen LogP contribution >= 0.6 is 0 Å². The molecule has 0 unspecified atom stereocenters. The first kappa shape index (κ1) is 24.3. The van der Waals surface area contributed by atoms with Crippen LogP contribution in [0.15, 0.2) is 30.8 Å². The maximum atomic E-state index is 13.4. The molecule has 1 aromatic carbocycles. The monoisotopic (exact) mass is 461 g/mol. The van der Waals surface area contributed by atoms with Crippen LogP contribution in [0.25, 0.3) is 5.70 Å². The van der Waals surface area contributed by atoms with Crippen LogP contribution in [0.1, 0.15) is 65.0 Å². The molecule has 4 rings (SSSR count). The van der Waals surface area contributed by atoms with Crippen molar-refractivity contribution in [3.63, 3.8) is 0 Å². The summed E-state index contributed by atoms with van der Waals surface area (Å²) >= 11 is 0. The molecule has 1 aliphatic carbocycles. The molecule has 1 saturated heterocycles. The Morgan fingerprint density at radius 3 is 2.41 bits per heavy atom. The molecule has 182 valence electrons. The predicted molar refractivity (Wildman–Crippen MR) is 142 cm³/mol. The van der Waals surface area contributed by atoms with Gasteiger partial charge in [-0.05, 0) is 70.0 Å². The van der Waals surface area contributed by atoms with E-state index in [-0.39, 0.29) is 5.91 Å². The Balaban J connectivity index is 1.57. The first-order valence-corrected chi connectivity index (χ1v) is 12.6. The molecule has 2 aliphatic rings. The van der Waals surface area contributed by atoms with Crippen LogP contribution in [0.3, 0.4) is 0 Å². The van der Waals surface area contributed by atoms with Crippen LogP contribution in [0, 0.1) is 20.8 Å². The first-order chi connectivity index (χ1) is 16.3. The van der Waals surface area contributed by atoms with Gasteiger partial charge in [0.25, 0.3) is 5.91 Å². The lowest BCUT2D eigenvalue weighted by Crippen LogP contribution is -2.44. The number of nitrogens with zero attached hydrogens (tertiary/aromatic N) is 3. The fraction of sp³-hybridized carbons (Fsp3) is 0.500. The number of benzene rings is 1. The summed E-state index contributed by atoms with van der Waals surface area (Å²) in [5, 5.41) is 6.74. The summed E-state index contributed by atoms with van der Waals surface area (Å²) in [4.78, 5) is 22.9. The average molecular weight is 462 g/mol. The van der Waals surface area contributed by atoms with Gasteiger partial charge in [-0.25, -0.2) is 0 Å². The van der Waals surface area contributed by atoms with Gasteiger partial charge in [0, 0.05) is 49.3 Å². The molecule has 6 nitrogen and oxygen atoms in total. The number of nitrogens with one attached hydrogen (secondary N) is 2. The average Bonchev–Trinajstić information content (AvgIpc) is 2.82. The van der Waals surface area contributed by atoms with Crippen molar-refractivity contribution in [3.8, 4) is 0 Å². The lowest BCUT2D eigenvalue weighted by atomic mass is 9.95. The number of anilines is 2. The van der Waals surface area contributed by atoms with Gasteiger partial charge in [0.2, 0.25) is 0 Å².